The SMILES string of the molecule is Cc1ccc(C(=O)N2CC(C)(C)S[C@@]23C(=O)N(Cc2ccccc2)c2ccc(C)cc23)cc1. The third kappa shape index (κ3) is 3.55. The number of hydrogen-bond donors (Lipinski definition) is 0. The first kappa shape index (κ1) is 21.8. The van der Waals surface area contributed by atoms with Crippen molar-refractivity contribution in [2.24, 2.45) is 0 Å². The van der Waals surface area contributed by atoms with E-state index in [9.17, 15) is 9.59 Å². The van der Waals surface area contributed by atoms with Crippen LogP contribution in [-0.4, -0.2) is 28.0 Å². The number of hydrogen-bond acceptors (Lipinski definition) is 3. The van der Waals surface area contributed by atoms with Crippen LogP contribution in [0, 0.1) is 13.8 Å². The Hall–Kier alpha value is -3.05. The van der Waals surface area contributed by atoms with Gasteiger partial charge in [0.05, 0.1) is 12.2 Å². The summed E-state index contributed by atoms with van der Waals surface area (Å²) in [5.41, 5.74) is 5.66. The van der Waals surface area contributed by atoms with Crippen LogP contribution in [0.4, 0.5) is 5.69 Å². The molecular weight excluding hydrogens is 428 g/mol. The largest absolute Gasteiger partial charge is 0.310 e. The quantitative estimate of drug-likeness (QED) is 0.510. The van der Waals surface area contributed by atoms with Crippen LogP contribution in [0.1, 0.15) is 46.5 Å². The Labute approximate surface area is 199 Å². The first-order valence-corrected chi connectivity index (χ1v) is 12.1. The monoisotopic (exact) mass is 456 g/mol. The van der Waals surface area contributed by atoms with Gasteiger partial charge in [-0.3, -0.25) is 9.59 Å². The van der Waals surface area contributed by atoms with E-state index < -0.39 is 4.87 Å². The third-order valence-electron chi connectivity index (χ3n) is 6.41. The summed E-state index contributed by atoms with van der Waals surface area (Å²) in [6, 6.07) is 23.8. The lowest BCUT2D eigenvalue weighted by molar-refractivity contribution is -0.123. The summed E-state index contributed by atoms with van der Waals surface area (Å²) in [6.07, 6.45) is 0. The summed E-state index contributed by atoms with van der Waals surface area (Å²) >= 11 is 1.60. The number of fused-ring (bicyclic) bond motifs is 2. The molecular formula is C28H28N2O2S. The number of amides is 2. The molecule has 5 rings (SSSR count). The predicted octanol–water partition coefficient (Wildman–Crippen LogP) is 5.67. The number of nitrogens with zero attached hydrogens (tertiary/aromatic N) is 2. The zero-order valence-electron chi connectivity index (χ0n) is 19.5. The van der Waals surface area contributed by atoms with Crippen molar-refractivity contribution in [2.75, 3.05) is 11.4 Å². The van der Waals surface area contributed by atoms with E-state index in [0.29, 0.717) is 18.7 Å². The van der Waals surface area contributed by atoms with E-state index >= 15 is 0 Å². The first-order chi connectivity index (χ1) is 15.7. The van der Waals surface area contributed by atoms with Crippen molar-refractivity contribution < 1.29 is 9.59 Å². The van der Waals surface area contributed by atoms with Crippen LogP contribution in [-0.2, 0) is 16.2 Å². The minimum Gasteiger partial charge on any atom is -0.310 e. The van der Waals surface area contributed by atoms with Crippen molar-refractivity contribution >= 4 is 29.3 Å². The Balaban J connectivity index is 1.65. The Bertz CT molecular complexity index is 1240. The highest BCUT2D eigenvalue weighted by Gasteiger charge is 2.63. The molecule has 3 aromatic rings. The molecule has 0 saturated carbocycles. The number of rotatable bonds is 3. The maximum Gasteiger partial charge on any atom is 0.268 e. The summed E-state index contributed by atoms with van der Waals surface area (Å²) < 4.78 is -0.264. The molecule has 3 aromatic carbocycles. The van der Waals surface area contributed by atoms with E-state index in [1.807, 2.05) is 90.4 Å². The van der Waals surface area contributed by atoms with Gasteiger partial charge in [0, 0.05) is 22.4 Å². The van der Waals surface area contributed by atoms with Crippen molar-refractivity contribution in [1.82, 2.24) is 4.90 Å². The molecule has 0 aromatic heterocycles. The van der Waals surface area contributed by atoms with Crippen LogP contribution in [0.2, 0.25) is 0 Å². The summed E-state index contributed by atoms with van der Waals surface area (Å²) in [7, 11) is 0. The Morgan fingerprint density at radius 1 is 0.939 bits per heavy atom. The molecule has 1 spiro atoms. The molecule has 2 amide bonds. The molecule has 2 aliphatic rings. The number of aryl methyl sites for hydroxylation is 2. The second kappa shape index (κ2) is 7.77. The molecule has 2 heterocycles. The van der Waals surface area contributed by atoms with Gasteiger partial charge in [0.15, 0.2) is 4.87 Å². The van der Waals surface area contributed by atoms with Crippen LogP contribution in [0.3, 0.4) is 0 Å². The highest BCUT2D eigenvalue weighted by molar-refractivity contribution is 8.02. The number of benzene rings is 3. The number of carbonyl (C=O) groups is 2. The van der Waals surface area contributed by atoms with E-state index in [2.05, 4.69) is 19.9 Å². The van der Waals surface area contributed by atoms with Gasteiger partial charge >= 0.3 is 0 Å². The Morgan fingerprint density at radius 2 is 1.61 bits per heavy atom. The van der Waals surface area contributed by atoms with Crippen molar-refractivity contribution in [2.45, 2.75) is 43.9 Å². The van der Waals surface area contributed by atoms with Crippen LogP contribution in [0.25, 0.3) is 0 Å². The standard InChI is InChI=1S/C28H28N2O2S/c1-19-10-13-22(14-11-19)25(31)30-18-27(3,4)33-28(30)23-16-20(2)12-15-24(23)29(26(28)32)17-21-8-6-5-7-9-21/h5-16H,17-18H2,1-4H3/t28-/m0/s1. The zero-order valence-corrected chi connectivity index (χ0v) is 20.3. The second-order valence-corrected chi connectivity index (χ2v) is 11.6. The van der Waals surface area contributed by atoms with Crippen LogP contribution >= 0.6 is 11.8 Å². The maximum absolute atomic E-state index is 14.3. The van der Waals surface area contributed by atoms with E-state index in [1.165, 1.54) is 0 Å². The van der Waals surface area contributed by atoms with Gasteiger partial charge < -0.3 is 9.80 Å². The van der Waals surface area contributed by atoms with Crippen LogP contribution < -0.4 is 4.90 Å². The van der Waals surface area contributed by atoms with Gasteiger partial charge in [0.1, 0.15) is 0 Å². The minimum atomic E-state index is -1.07. The molecule has 168 valence electrons. The van der Waals surface area contributed by atoms with Crippen molar-refractivity contribution in [3.63, 3.8) is 0 Å². The summed E-state index contributed by atoms with van der Waals surface area (Å²) in [6.45, 7) is 9.25. The molecule has 0 bridgehead atoms. The Morgan fingerprint density at radius 3 is 2.30 bits per heavy atom. The van der Waals surface area contributed by atoms with Gasteiger partial charge in [0.25, 0.3) is 11.8 Å². The lowest BCUT2D eigenvalue weighted by atomic mass is 10.0. The average Bonchev–Trinajstić information content (AvgIpc) is 3.20. The topological polar surface area (TPSA) is 40.6 Å². The molecule has 1 fully saturated rings. The molecule has 5 heteroatoms. The van der Waals surface area contributed by atoms with Crippen molar-refractivity contribution in [3.05, 3.63) is 101 Å². The maximum atomic E-state index is 14.3. The lowest BCUT2D eigenvalue weighted by Crippen LogP contribution is -2.50. The van der Waals surface area contributed by atoms with Gasteiger partial charge in [-0.2, -0.15) is 0 Å². The minimum absolute atomic E-state index is 0.0389. The molecule has 4 nitrogen and oxygen atoms in total. The van der Waals surface area contributed by atoms with Crippen LogP contribution in [0.15, 0.2) is 72.8 Å². The van der Waals surface area contributed by atoms with E-state index in [0.717, 1.165) is 27.9 Å². The fraction of sp³-hybridized carbons (Fsp3) is 0.286. The lowest BCUT2D eigenvalue weighted by Gasteiger charge is -2.33. The highest BCUT2D eigenvalue weighted by atomic mass is 32.2. The predicted molar refractivity (Wildman–Crippen MR) is 134 cm³/mol. The molecule has 33 heavy (non-hydrogen) atoms. The molecule has 2 aliphatic heterocycles. The Kier molecular flexibility index (Phi) is 5.13. The second-order valence-electron chi connectivity index (χ2n) is 9.66. The fourth-order valence-electron chi connectivity index (χ4n) is 4.89. The molecule has 0 radical (unpaired) electrons. The average molecular weight is 457 g/mol. The van der Waals surface area contributed by atoms with Gasteiger partial charge in [-0.25, -0.2) is 0 Å². The van der Waals surface area contributed by atoms with Gasteiger partial charge in [-0.15, -0.1) is 11.8 Å². The third-order valence-corrected chi connectivity index (χ3v) is 8.01. The summed E-state index contributed by atoms with van der Waals surface area (Å²) in [5.74, 6) is -0.140. The summed E-state index contributed by atoms with van der Waals surface area (Å²) in [5, 5.41) is 0. The van der Waals surface area contributed by atoms with Gasteiger partial charge in [-0.1, -0.05) is 65.7 Å². The molecule has 1 atom stereocenters. The van der Waals surface area contributed by atoms with Gasteiger partial charge in [0.2, 0.25) is 0 Å². The number of carbonyl (C=O) groups excluding carboxylic acids is 2. The smallest absolute Gasteiger partial charge is 0.268 e. The molecule has 0 aliphatic carbocycles. The number of anilines is 1. The molecule has 1 saturated heterocycles. The van der Waals surface area contributed by atoms with Gasteiger partial charge in [-0.05, 0) is 51.5 Å². The molecule has 0 unspecified atom stereocenters. The van der Waals surface area contributed by atoms with E-state index in [4.69, 9.17) is 0 Å². The summed E-state index contributed by atoms with van der Waals surface area (Å²) in [4.78, 5) is 30.8. The zero-order chi connectivity index (χ0) is 23.4. The fourth-order valence-corrected chi connectivity index (χ4v) is 6.61. The van der Waals surface area contributed by atoms with E-state index in [1.54, 1.807) is 11.8 Å². The van der Waals surface area contributed by atoms with Crippen LogP contribution in [0.5, 0.6) is 0 Å². The van der Waals surface area contributed by atoms with E-state index in [-0.39, 0.29) is 16.6 Å². The highest BCUT2D eigenvalue weighted by Crippen LogP contribution is 2.60. The van der Waals surface area contributed by atoms with Crippen molar-refractivity contribution in [3.8, 4) is 0 Å². The first-order valence-electron chi connectivity index (χ1n) is 11.3. The molecule has 0 N–H and O–H groups in total. The van der Waals surface area contributed by atoms with Crippen molar-refractivity contribution in [1.29, 1.82) is 0 Å². The normalized spacial score (nSPS) is 21.0. The number of thioether (sulfide) groups is 1.